The number of benzene rings is 1. The van der Waals surface area contributed by atoms with E-state index in [0.717, 1.165) is 24.2 Å². The summed E-state index contributed by atoms with van der Waals surface area (Å²) in [5.41, 5.74) is 0.657. The number of nitrogens with one attached hydrogen (secondary N) is 1. The van der Waals surface area contributed by atoms with E-state index < -0.39 is 0 Å². The van der Waals surface area contributed by atoms with Gasteiger partial charge in [-0.2, -0.15) is 0 Å². The number of ether oxygens (including phenoxy) is 1. The predicted octanol–water partition coefficient (Wildman–Crippen LogP) is 2.60. The van der Waals surface area contributed by atoms with Gasteiger partial charge in [-0.05, 0) is 30.5 Å². The minimum Gasteiger partial charge on any atom is -0.497 e. The van der Waals surface area contributed by atoms with Crippen LogP contribution < -0.4 is 10.1 Å². The minimum absolute atomic E-state index is 0.0142. The molecule has 24 heavy (non-hydrogen) atoms. The number of amides is 2. The van der Waals surface area contributed by atoms with Gasteiger partial charge in [-0.15, -0.1) is 0 Å². The predicted molar refractivity (Wildman–Crippen MR) is 93.6 cm³/mol. The first-order valence-electron chi connectivity index (χ1n) is 8.51. The molecule has 1 fully saturated rings. The Morgan fingerprint density at radius 2 is 1.92 bits per heavy atom. The highest BCUT2D eigenvalue weighted by atomic mass is 16.5. The molecule has 0 aliphatic carbocycles. The fourth-order valence-corrected chi connectivity index (χ4v) is 2.94. The van der Waals surface area contributed by atoms with Gasteiger partial charge in [-0.25, -0.2) is 0 Å². The number of likely N-dealkylation sites (tertiary alicyclic amines) is 1. The summed E-state index contributed by atoms with van der Waals surface area (Å²) >= 11 is 0. The number of hydrogen-bond acceptors (Lipinski definition) is 3. The van der Waals surface area contributed by atoms with E-state index in [4.69, 9.17) is 4.74 Å². The molecule has 1 N–H and O–H groups in total. The number of rotatable bonds is 4. The van der Waals surface area contributed by atoms with Crippen LogP contribution in [0.25, 0.3) is 0 Å². The molecule has 1 aromatic rings. The summed E-state index contributed by atoms with van der Waals surface area (Å²) in [6.45, 7) is 7.62. The van der Waals surface area contributed by atoms with Crippen molar-refractivity contribution in [3.63, 3.8) is 0 Å². The second-order valence-electron chi connectivity index (χ2n) is 7.39. The molecular weight excluding hydrogens is 304 g/mol. The lowest BCUT2D eigenvalue weighted by molar-refractivity contribution is -0.142. The number of carbonyl (C=O) groups excluding carboxylic acids is 2. The lowest BCUT2D eigenvalue weighted by atomic mass is 9.90. The molecule has 1 aliphatic heterocycles. The normalized spacial score (nSPS) is 15.9. The number of carbonyl (C=O) groups is 2. The van der Waals surface area contributed by atoms with E-state index in [1.54, 1.807) is 7.11 Å². The third-order valence-electron chi connectivity index (χ3n) is 4.40. The summed E-state index contributed by atoms with van der Waals surface area (Å²) in [6.07, 6.45) is 1.46. The monoisotopic (exact) mass is 332 g/mol. The Labute approximate surface area is 144 Å². The Hall–Kier alpha value is -2.04. The van der Waals surface area contributed by atoms with E-state index in [9.17, 15) is 9.59 Å². The molecule has 1 aliphatic rings. The molecule has 0 atom stereocenters. The van der Waals surface area contributed by atoms with Gasteiger partial charge in [-0.1, -0.05) is 32.9 Å². The summed E-state index contributed by atoms with van der Waals surface area (Å²) in [7, 11) is 1.63. The Bertz CT molecular complexity index is 585. The van der Waals surface area contributed by atoms with Crippen LogP contribution in [0.2, 0.25) is 0 Å². The van der Waals surface area contributed by atoms with Crippen molar-refractivity contribution >= 4 is 11.8 Å². The van der Waals surface area contributed by atoms with Crippen molar-refractivity contribution in [1.29, 1.82) is 0 Å². The van der Waals surface area contributed by atoms with E-state index in [2.05, 4.69) is 5.32 Å². The second-order valence-corrected chi connectivity index (χ2v) is 7.39. The molecule has 2 rings (SSSR count). The minimum atomic E-state index is -0.360. The van der Waals surface area contributed by atoms with Gasteiger partial charge in [0, 0.05) is 31.0 Å². The van der Waals surface area contributed by atoms with Gasteiger partial charge in [0.05, 0.1) is 7.11 Å². The maximum absolute atomic E-state index is 12.4. The van der Waals surface area contributed by atoms with Crippen LogP contribution in [0.1, 0.15) is 39.2 Å². The lowest BCUT2D eigenvalue weighted by Crippen LogP contribution is -2.46. The molecular formula is C19H28N2O3. The van der Waals surface area contributed by atoms with E-state index >= 15 is 0 Å². The Morgan fingerprint density at radius 3 is 2.50 bits per heavy atom. The van der Waals surface area contributed by atoms with Crippen LogP contribution in [-0.4, -0.2) is 36.9 Å². The van der Waals surface area contributed by atoms with Gasteiger partial charge in [0.1, 0.15) is 5.75 Å². The van der Waals surface area contributed by atoms with Crippen LogP contribution in [-0.2, 0) is 16.1 Å². The van der Waals surface area contributed by atoms with Crippen molar-refractivity contribution in [2.75, 3.05) is 20.2 Å². The molecule has 2 amide bonds. The van der Waals surface area contributed by atoms with Gasteiger partial charge in [-0.3, -0.25) is 9.59 Å². The summed E-state index contributed by atoms with van der Waals surface area (Å²) in [6, 6.07) is 7.68. The standard InChI is InChI=1S/C19H28N2O3/c1-19(2,3)18(23)21-10-8-15(9-11-21)17(22)20-13-14-6-5-7-16(12-14)24-4/h5-7,12,15H,8-11,13H2,1-4H3,(H,20,22). The van der Waals surface area contributed by atoms with Gasteiger partial charge in [0.2, 0.25) is 11.8 Å². The molecule has 0 aromatic heterocycles. The van der Waals surface area contributed by atoms with Crippen LogP contribution in [0.4, 0.5) is 0 Å². The molecule has 5 heteroatoms. The topological polar surface area (TPSA) is 58.6 Å². The fraction of sp³-hybridized carbons (Fsp3) is 0.579. The maximum Gasteiger partial charge on any atom is 0.227 e. The summed E-state index contributed by atoms with van der Waals surface area (Å²) in [4.78, 5) is 26.5. The summed E-state index contributed by atoms with van der Waals surface area (Å²) in [5.74, 6) is 1.01. The third-order valence-corrected chi connectivity index (χ3v) is 4.40. The van der Waals surface area contributed by atoms with Gasteiger partial charge in [0.25, 0.3) is 0 Å². The third kappa shape index (κ3) is 4.73. The first kappa shape index (κ1) is 18.3. The molecule has 0 saturated carbocycles. The highest BCUT2D eigenvalue weighted by Gasteiger charge is 2.32. The largest absolute Gasteiger partial charge is 0.497 e. The van der Waals surface area contributed by atoms with Crippen LogP contribution in [0.3, 0.4) is 0 Å². The fourth-order valence-electron chi connectivity index (χ4n) is 2.94. The van der Waals surface area contributed by atoms with Crippen molar-refractivity contribution in [3.05, 3.63) is 29.8 Å². The van der Waals surface area contributed by atoms with Crippen LogP contribution in [0, 0.1) is 11.3 Å². The molecule has 1 heterocycles. The van der Waals surface area contributed by atoms with Crippen molar-refractivity contribution in [3.8, 4) is 5.75 Å². The highest BCUT2D eigenvalue weighted by molar-refractivity contribution is 5.82. The Kier molecular flexibility index (Phi) is 5.86. The van der Waals surface area contributed by atoms with Gasteiger partial charge < -0.3 is 15.0 Å². The summed E-state index contributed by atoms with van der Waals surface area (Å²) in [5, 5.41) is 3.00. The zero-order chi connectivity index (χ0) is 17.7. The zero-order valence-electron chi connectivity index (χ0n) is 15.1. The lowest BCUT2D eigenvalue weighted by Gasteiger charge is -2.35. The van der Waals surface area contributed by atoms with Crippen molar-refractivity contribution in [2.24, 2.45) is 11.3 Å². The van der Waals surface area contributed by atoms with Crippen molar-refractivity contribution in [1.82, 2.24) is 10.2 Å². The first-order valence-corrected chi connectivity index (χ1v) is 8.51. The Morgan fingerprint density at radius 1 is 1.25 bits per heavy atom. The number of piperidine rings is 1. The molecule has 0 spiro atoms. The van der Waals surface area contributed by atoms with Crippen LogP contribution >= 0.6 is 0 Å². The van der Waals surface area contributed by atoms with Crippen LogP contribution in [0.5, 0.6) is 5.75 Å². The van der Waals surface area contributed by atoms with Crippen molar-refractivity contribution < 1.29 is 14.3 Å². The highest BCUT2D eigenvalue weighted by Crippen LogP contribution is 2.23. The van der Waals surface area contributed by atoms with Gasteiger partial charge >= 0.3 is 0 Å². The zero-order valence-corrected chi connectivity index (χ0v) is 15.1. The molecule has 1 aromatic carbocycles. The second kappa shape index (κ2) is 7.69. The average molecular weight is 332 g/mol. The number of methoxy groups -OCH3 is 1. The quantitative estimate of drug-likeness (QED) is 0.922. The number of hydrogen-bond donors (Lipinski definition) is 1. The molecule has 132 valence electrons. The molecule has 0 bridgehead atoms. The Balaban J connectivity index is 1.81. The number of nitrogens with zero attached hydrogens (tertiary/aromatic N) is 1. The average Bonchev–Trinajstić information content (AvgIpc) is 2.58. The van der Waals surface area contributed by atoms with Crippen molar-refractivity contribution in [2.45, 2.75) is 40.2 Å². The maximum atomic E-state index is 12.4. The van der Waals surface area contributed by atoms with E-state index in [1.807, 2.05) is 49.9 Å². The molecule has 0 unspecified atom stereocenters. The molecule has 0 radical (unpaired) electrons. The van der Waals surface area contributed by atoms with E-state index in [1.165, 1.54) is 0 Å². The van der Waals surface area contributed by atoms with E-state index in [-0.39, 0.29) is 23.1 Å². The molecule has 1 saturated heterocycles. The van der Waals surface area contributed by atoms with Crippen LogP contribution in [0.15, 0.2) is 24.3 Å². The first-order chi connectivity index (χ1) is 11.3. The van der Waals surface area contributed by atoms with Gasteiger partial charge in [0.15, 0.2) is 0 Å². The summed E-state index contributed by atoms with van der Waals surface area (Å²) < 4.78 is 5.19. The molecule has 5 nitrogen and oxygen atoms in total. The smallest absolute Gasteiger partial charge is 0.227 e. The SMILES string of the molecule is COc1cccc(CNC(=O)C2CCN(C(=O)C(C)(C)C)CC2)c1. The van der Waals surface area contributed by atoms with E-state index in [0.29, 0.717) is 19.6 Å².